The topological polar surface area (TPSA) is 56.0 Å². The van der Waals surface area contributed by atoms with E-state index < -0.39 is 11.0 Å². The predicted molar refractivity (Wildman–Crippen MR) is 72.0 cm³/mol. The second kappa shape index (κ2) is 5.59. The largest absolute Gasteiger partial charge is 0.388 e. The number of nitrogens with one attached hydrogen (secondary N) is 1. The molecule has 0 radical (unpaired) electrons. The van der Waals surface area contributed by atoms with Gasteiger partial charge in [0, 0.05) is 12.5 Å². The van der Waals surface area contributed by atoms with E-state index >= 15 is 0 Å². The van der Waals surface area contributed by atoms with Gasteiger partial charge in [-0.05, 0) is 32.2 Å². The van der Waals surface area contributed by atoms with E-state index in [1.54, 1.807) is 0 Å². The van der Waals surface area contributed by atoms with E-state index in [4.69, 9.17) is 0 Å². The lowest BCUT2D eigenvalue weighted by molar-refractivity contribution is -0.125. The Morgan fingerprint density at radius 2 is 1.89 bits per heavy atom. The van der Waals surface area contributed by atoms with Crippen LogP contribution in [0.1, 0.15) is 58.3 Å². The number of nitrogens with zero attached hydrogens (tertiary/aromatic N) is 1. The monoisotopic (exact) mass is 250 g/mol. The Balaban J connectivity index is 2.30. The fourth-order valence-corrected chi connectivity index (χ4v) is 4.01. The van der Waals surface area contributed by atoms with Gasteiger partial charge in [0.15, 0.2) is 0 Å². The molecule has 3 heteroatoms. The second-order valence-electron chi connectivity index (χ2n) is 6.09. The molecular formula is C15H26N2O. The highest BCUT2D eigenvalue weighted by atomic mass is 16.3. The Labute approximate surface area is 111 Å². The third-order valence-corrected chi connectivity index (χ3v) is 5.24. The second-order valence-corrected chi connectivity index (χ2v) is 6.09. The molecule has 0 spiro atoms. The molecule has 1 aliphatic heterocycles. The summed E-state index contributed by atoms with van der Waals surface area (Å²) in [7, 11) is 0. The quantitative estimate of drug-likeness (QED) is 0.741. The van der Waals surface area contributed by atoms with E-state index in [-0.39, 0.29) is 5.92 Å². The lowest BCUT2D eigenvalue weighted by Gasteiger charge is -2.50. The van der Waals surface area contributed by atoms with E-state index in [9.17, 15) is 10.4 Å². The van der Waals surface area contributed by atoms with Crippen LogP contribution >= 0.6 is 0 Å². The van der Waals surface area contributed by atoms with Crippen molar-refractivity contribution < 1.29 is 5.11 Å². The van der Waals surface area contributed by atoms with Crippen LogP contribution in [0.15, 0.2) is 0 Å². The first-order valence-corrected chi connectivity index (χ1v) is 7.53. The van der Waals surface area contributed by atoms with Gasteiger partial charge in [-0.25, -0.2) is 0 Å². The van der Waals surface area contributed by atoms with Gasteiger partial charge < -0.3 is 10.4 Å². The zero-order valence-electron chi connectivity index (χ0n) is 11.5. The molecule has 102 valence electrons. The number of aliphatic hydroxyl groups is 1. The van der Waals surface area contributed by atoms with Gasteiger partial charge in [-0.3, -0.25) is 0 Å². The first-order valence-electron chi connectivity index (χ1n) is 7.53. The van der Waals surface area contributed by atoms with E-state index in [2.05, 4.69) is 18.3 Å². The molecule has 0 aromatic heterocycles. The summed E-state index contributed by atoms with van der Waals surface area (Å²) < 4.78 is 0. The molecule has 2 aliphatic rings. The summed E-state index contributed by atoms with van der Waals surface area (Å²) in [6.45, 7) is 3.83. The van der Waals surface area contributed by atoms with Crippen molar-refractivity contribution >= 4 is 0 Å². The molecule has 2 N–H and O–H groups in total. The SMILES string of the molecule is CCC1CNCCC1(O)C1(C#N)CCCCCC1. The molecule has 2 fully saturated rings. The lowest BCUT2D eigenvalue weighted by Crippen LogP contribution is -2.59. The predicted octanol–water partition coefficient (Wildman–Crippen LogP) is 2.60. The minimum atomic E-state index is -0.772. The number of rotatable bonds is 2. The molecule has 1 heterocycles. The molecule has 0 aromatic rings. The van der Waals surface area contributed by atoms with Crippen LogP contribution in [0.25, 0.3) is 0 Å². The van der Waals surface area contributed by atoms with Crippen LogP contribution in [0, 0.1) is 22.7 Å². The van der Waals surface area contributed by atoms with E-state index in [1.807, 2.05) is 0 Å². The van der Waals surface area contributed by atoms with Crippen LogP contribution in [0.2, 0.25) is 0 Å². The van der Waals surface area contributed by atoms with Crippen LogP contribution in [0.4, 0.5) is 0 Å². The first-order chi connectivity index (χ1) is 8.68. The highest BCUT2D eigenvalue weighted by Gasteiger charge is 2.54. The average Bonchev–Trinajstić information content (AvgIpc) is 2.65. The van der Waals surface area contributed by atoms with Crippen molar-refractivity contribution in [2.45, 2.75) is 63.9 Å². The standard InChI is InChI=1S/C15H26N2O/c1-2-13-11-17-10-9-15(13,18)14(12-16)7-5-3-4-6-8-14/h13,17-18H,2-11H2,1H3. The maximum atomic E-state index is 11.3. The Bertz CT molecular complexity index is 315. The van der Waals surface area contributed by atoms with Crippen molar-refractivity contribution in [3.05, 3.63) is 0 Å². The van der Waals surface area contributed by atoms with E-state index in [0.717, 1.165) is 51.6 Å². The molecule has 2 unspecified atom stereocenters. The van der Waals surface area contributed by atoms with Crippen molar-refractivity contribution in [1.29, 1.82) is 5.26 Å². The van der Waals surface area contributed by atoms with Gasteiger partial charge in [0.2, 0.25) is 0 Å². The van der Waals surface area contributed by atoms with Crippen LogP contribution in [0.5, 0.6) is 0 Å². The molecule has 0 amide bonds. The van der Waals surface area contributed by atoms with E-state index in [1.165, 1.54) is 12.8 Å². The maximum Gasteiger partial charge on any atom is 0.0885 e. The molecule has 1 saturated carbocycles. The highest BCUT2D eigenvalue weighted by molar-refractivity contribution is 5.15. The van der Waals surface area contributed by atoms with Gasteiger partial charge >= 0.3 is 0 Å². The summed E-state index contributed by atoms with van der Waals surface area (Å²) in [5.41, 5.74) is -1.27. The summed E-state index contributed by atoms with van der Waals surface area (Å²) >= 11 is 0. The summed E-state index contributed by atoms with van der Waals surface area (Å²) in [6, 6.07) is 2.55. The van der Waals surface area contributed by atoms with Gasteiger partial charge in [-0.1, -0.05) is 32.6 Å². The van der Waals surface area contributed by atoms with Crippen molar-refractivity contribution in [2.75, 3.05) is 13.1 Å². The Morgan fingerprint density at radius 1 is 1.22 bits per heavy atom. The highest BCUT2D eigenvalue weighted by Crippen LogP contribution is 2.50. The van der Waals surface area contributed by atoms with Gasteiger partial charge in [0.1, 0.15) is 0 Å². The molecule has 0 aromatic carbocycles. The van der Waals surface area contributed by atoms with Crippen molar-refractivity contribution in [3.8, 4) is 6.07 Å². The number of hydrogen-bond donors (Lipinski definition) is 2. The smallest absolute Gasteiger partial charge is 0.0885 e. The van der Waals surface area contributed by atoms with Crippen LogP contribution < -0.4 is 5.32 Å². The normalized spacial score (nSPS) is 36.6. The fraction of sp³-hybridized carbons (Fsp3) is 0.933. The van der Waals surface area contributed by atoms with Gasteiger partial charge in [-0.2, -0.15) is 5.26 Å². The van der Waals surface area contributed by atoms with Crippen molar-refractivity contribution in [3.63, 3.8) is 0 Å². The molecule has 2 rings (SSSR count). The third-order valence-electron chi connectivity index (χ3n) is 5.24. The molecule has 0 bridgehead atoms. The lowest BCUT2D eigenvalue weighted by atomic mass is 9.59. The van der Waals surface area contributed by atoms with Crippen molar-refractivity contribution in [1.82, 2.24) is 5.32 Å². The number of hydrogen-bond acceptors (Lipinski definition) is 3. The Kier molecular flexibility index (Phi) is 4.29. The Hall–Kier alpha value is -0.590. The van der Waals surface area contributed by atoms with Gasteiger partial charge in [-0.15, -0.1) is 0 Å². The van der Waals surface area contributed by atoms with Crippen LogP contribution in [-0.2, 0) is 0 Å². The fourth-order valence-electron chi connectivity index (χ4n) is 4.01. The zero-order chi connectivity index (χ0) is 13.1. The molecule has 1 saturated heterocycles. The molecular weight excluding hydrogens is 224 g/mol. The molecule has 2 atom stereocenters. The molecule has 3 nitrogen and oxygen atoms in total. The first kappa shape index (κ1) is 13.8. The van der Waals surface area contributed by atoms with Crippen LogP contribution in [0.3, 0.4) is 0 Å². The third kappa shape index (κ3) is 2.17. The zero-order valence-corrected chi connectivity index (χ0v) is 11.5. The summed E-state index contributed by atoms with van der Waals surface area (Å²) in [5.74, 6) is 0.226. The Morgan fingerprint density at radius 3 is 2.44 bits per heavy atom. The van der Waals surface area contributed by atoms with Gasteiger partial charge in [0.05, 0.1) is 17.1 Å². The number of nitriles is 1. The number of piperidine rings is 1. The summed E-state index contributed by atoms with van der Waals surface area (Å²) in [4.78, 5) is 0. The molecule has 1 aliphatic carbocycles. The molecule has 18 heavy (non-hydrogen) atoms. The van der Waals surface area contributed by atoms with Gasteiger partial charge in [0.25, 0.3) is 0 Å². The van der Waals surface area contributed by atoms with Crippen molar-refractivity contribution in [2.24, 2.45) is 11.3 Å². The maximum absolute atomic E-state index is 11.3. The minimum absolute atomic E-state index is 0.226. The average molecular weight is 250 g/mol. The van der Waals surface area contributed by atoms with E-state index in [0.29, 0.717) is 0 Å². The minimum Gasteiger partial charge on any atom is -0.388 e. The summed E-state index contributed by atoms with van der Waals surface area (Å²) in [6.07, 6.45) is 8.08. The van der Waals surface area contributed by atoms with Crippen LogP contribution in [-0.4, -0.2) is 23.8 Å². The summed E-state index contributed by atoms with van der Waals surface area (Å²) in [5, 5.41) is 24.4.